The van der Waals surface area contributed by atoms with Crippen LogP contribution >= 0.6 is 11.3 Å². The van der Waals surface area contributed by atoms with Gasteiger partial charge < -0.3 is 0 Å². The number of rotatable bonds is 5. The fraction of sp³-hybridized carbons (Fsp3) is 0.389. The highest BCUT2D eigenvalue weighted by molar-refractivity contribution is 7.15. The Bertz CT molecular complexity index is 1010. The van der Waals surface area contributed by atoms with Gasteiger partial charge in [0.05, 0.1) is 5.39 Å². The smallest absolute Gasteiger partial charge is 0.278 e. The predicted molar refractivity (Wildman–Crippen MR) is 103 cm³/mol. The Hall–Kier alpha value is -2.61. The molecule has 8 heteroatoms. The number of carbonyl (C=O) groups is 1. The Labute approximate surface area is 155 Å². The lowest BCUT2D eigenvalue weighted by molar-refractivity contribution is 0.102. The lowest BCUT2D eigenvalue weighted by Crippen LogP contribution is -2.29. The van der Waals surface area contributed by atoms with Crippen LogP contribution in [0, 0.1) is 5.92 Å². The van der Waals surface area contributed by atoms with Crippen molar-refractivity contribution >= 4 is 33.1 Å². The summed E-state index contributed by atoms with van der Waals surface area (Å²) in [7, 11) is 0. The Morgan fingerprint density at radius 3 is 2.46 bits per heavy atom. The van der Waals surface area contributed by atoms with Crippen molar-refractivity contribution in [2.45, 2.75) is 40.2 Å². The van der Waals surface area contributed by atoms with Gasteiger partial charge in [-0.2, -0.15) is 5.10 Å². The van der Waals surface area contributed by atoms with E-state index in [1.807, 2.05) is 27.7 Å². The Kier molecular flexibility index (Phi) is 5.13. The van der Waals surface area contributed by atoms with Gasteiger partial charge in [0.25, 0.3) is 11.5 Å². The molecule has 136 valence electrons. The van der Waals surface area contributed by atoms with Crippen LogP contribution in [-0.4, -0.2) is 25.9 Å². The van der Waals surface area contributed by atoms with Crippen molar-refractivity contribution in [1.82, 2.24) is 20.0 Å². The van der Waals surface area contributed by atoms with E-state index in [2.05, 4.69) is 20.6 Å². The minimum atomic E-state index is -0.398. The van der Waals surface area contributed by atoms with Crippen LogP contribution in [0.15, 0.2) is 29.1 Å². The summed E-state index contributed by atoms with van der Waals surface area (Å²) in [4.78, 5) is 25.4. The highest BCUT2D eigenvalue weighted by atomic mass is 32.1. The summed E-state index contributed by atoms with van der Waals surface area (Å²) in [5.41, 5.74) is 0.0195. The van der Waals surface area contributed by atoms with Crippen LogP contribution in [0.25, 0.3) is 10.8 Å². The van der Waals surface area contributed by atoms with E-state index in [0.717, 1.165) is 5.01 Å². The van der Waals surface area contributed by atoms with Crippen LogP contribution in [0.2, 0.25) is 0 Å². The minimum absolute atomic E-state index is 0.191. The molecule has 0 saturated carbocycles. The van der Waals surface area contributed by atoms with Gasteiger partial charge in [-0.25, -0.2) is 4.68 Å². The average Bonchev–Trinajstić information content (AvgIpc) is 3.06. The standard InChI is InChI=1S/C18H21N5O2S/c1-10(2)9-23-17(25)13-8-6-5-7-12(13)14(22-23)15(24)19-18-21-20-16(26-18)11(3)4/h5-8,10-11H,9H2,1-4H3,(H,19,21,24). The summed E-state index contributed by atoms with van der Waals surface area (Å²) < 4.78 is 1.36. The molecule has 3 aromatic rings. The number of hydrogen-bond acceptors (Lipinski definition) is 6. The molecule has 0 aliphatic rings. The van der Waals surface area contributed by atoms with Gasteiger partial charge in [-0.1, -0.05) is 57.2 Å². The van der Waals surface area contributed by atoms with E-state index in [9.17, 15) is 9.59 Å². The van der Waals surface area contributed by atoms with E-state index in [1.165, 1.54) is 16.0 Å². The van der Waals surface area contributed by atoms with Crippen molar-refractivity contribution in [3.05, 3.63) is 45.3 Å². The third-order valence-corrected chi connectivity index (χ3v) is 4.92. The first-order valence-electron chi connectivity index (χ1n) is 8.51. The molecule has 0 atom stereocenters. The van der Waals surface area contributed by atoms with E-state index in [-0.39, 0.29) is 23.1 Å². The van der Waals surface area contributed by atoms with Gasteiger partial charge in [-0.15, -0.1) is 10.2 Å². The molecule has 2 aromatic heterocycles. The maximum absolute atomic E-state index is 12.8. The van der Waals surface area contributed by atoms with Gasteiger partial charge in [0.2, 0.25) is 5.13 Å². The summed E-state index contributed by atoms with van der Waals surface area (Å²) in [6.07, 6.45) is 0. The molecule has 1 amide bonds. The van der Waals surface area contributed by atoms with E-state index in [1.54, 1.807) is 24.3 Å². The summed E-state index contributed by atoms with van der Waals surface area (Å²) >= 11 is 1.34. The number of fused-ring (bicyclic) bond motifs is 1. The van der Waals surface area contributed by atoms with Crippen LogP contribution < -0.4 is 10.9 Å². The summed E-state index contributed by atoms with van der Waals surface area (Å²) in [5, 5.41) is 17.4. The van der Waals surface area contributed by atoms with Crippen LogP contribution in [-0.2, 0) is 6.54 Å². The van der Waals surface area contributed by atoms with Crippen molar-refractivity contribution in [2.24, 2.45) is 5.92 Å². The number of benzene rings is 1. The molecule has 0 aliphatic heterocycles. The fourth-order valence-electron chi connectivity index (χ4n) is 2.55. The highest BCUT2D eigenvalue weighted by Crippen LogP contribution is 2.23. The first-order chi connectivity index (χ1) is 12.4. The van der Waals surface area contributed by atoms with Crippen LogP contribution in [0.4, 0.5) is 5.13 Å². The monoisotopic (exact) mass is 371 g/mol. The van der Waals surface area contributed by atoms with Crippen molar-refractivity contribution in [2.75, 3.05) is 5.32 Å². The third kappa shape index (κ3) is 3.65. The van der Waals surface area contributed by atoms with E-state index in [0.29, 0.717) is 22.4 Å². The number of carbonyl (C=O) groups excluding carboxylic acids is 1. The fourth-order valence-corrected chi connectivity index (χ4v) is 3.29. The predicted octanol–water partition coefficient (Wildman–Crippen LogP) is 3.28. The Balaban J connectivity index is 2.03. The molecule has 0 fully saturated rings. The molecule has 26 heavy (non-hydrogen) atoms. The third-order valence-electron chi connectivity index (χ3n) is 3.78. The van der Waals surface area contributed by atoms with Gasteiger partial charge in [-0.3, -0.25) is 14.9 Å². The maximum atomic E-state index is 12.8. The van der Waals surface area contributed by atoms with Crippen LogP contribution in [0.1, 0.15) is 49.1 Å². The zero-order valence-corrected chi connectivity index (χ0v) is 16.0. The topological polar surface area (TPSA) is 89.8 Å². The molecule has 0 radical (unpaired) electrons. The summed E-state index contributed by atoms with van der Waals surface area (Å²) in [6, 6.07) is 7.02. The van der Waals surface area contributed by atoms with Crippen LogP contribution in [0.5, 0.6) is 0 Å². The molecule has 0 saturated heterocycles. The molecule has 0 spiro atoms. The average molecular weight is 371 g/mol. The van der Waals surface area contributed by atoms with E-state index >= 15 is 0 Å². The molecule has 3 rings (SSSR count). The van der Waals surface area contributed by atoms with E-state index < -0.39 is 5.91 Å². The number of hydrogen-bond donors (Lipinski definition) is 1. The number of nitrogens with one attached hydrogen (secondary N) is 1. The molecule has 0 bridgehead atoms. The highest BCUT2D eigenvalue weighted by Gasteiger charge is 2.19. The SMILES string of the molecule is CC(C)Cn1nc(C(=O)Nc2nnc(C(C)C)s2)c2ccccc2c1=O. The van der Waals surface area contributed by atoms with Crippen molar-refractivity contribution in [3.8, 4) is 0 Å². The van der Waals surface area contributed by atoms with Crippen molar-refractivity contribution in [3.63, 3.8) is 0 Å². The maximum Gasteiger partial charge on any atom is 0.278 e. The Morgan fingerprint density at radius 2 is 1.85 bits per heavy atom. The largest absolute Gasteiger partial charge is 0.295 e. The summed E-state index contributed by atoms with van der Waals surface area (Å²) in [5.74, 6) is 0.0734. The molecule has 7 nitrogen and oxygen atoms in total. The van der Waals surface area contributed by atoms with Crippen molar-refractivity contribution < 1.29 is 4.79 Å². The van der Waals surface area contributed by atoms with Crippen molar-refractivity contribution in [1.29, 1.82) is 0 Å². The van der Waals surface area contributed by atoms with Gasteiger partial charge in [0.1, 0.15) is 5.01 Å². The zero-order valence-electron chi connectivity index (χ0n) is 15.2. The van der Waals surface area contributed by atoms with Gasteiger partial charge in [0, 0.05) is 17.8 Å². The second kappa shape index (κ2) is 7.33. The van der Waals surface area contributed by atoms with Gasteiger partial charge >= 0.3 is 0 Å². The molecule has 0 unspecified atom stereocenters. The lowest BCUT2D eigenvalue weighted by Gasteiger charge is -2.12. The number of amides is 1. The molecule has 2 heterocycles. The zero-order chi connectivity index (χ0) is 18.8. The number of anilines is 1. The van der Waals surface area contributed by atoms with Gasteiger partial charge in [-0.05, 0) is 12.0 Å². The van der Waals surface area contributed by atoms with Crippen LogP contribution in [0.3, 0.4) is 0 Å². The molecule has 0 aliphatic carbocycles. The lowest BCUT2D eigenvalue weighted by atomic mass is 10.1. The second-order valence-electron chi connectivity index (χ2n) is 6.83. The molecular formula is C18H21N5O2S. The quantitative estimate of drug-likeness (QED) is 0.743. The normalized spacial score (nSPS) is 11.5. The molecule has 1 aromatic carbocycles. The number of aromatic nitrogens is 4. The molecular weight excluding hydrogens is 350 g/mol. The minimum Gasteiger partial charge on any atom is -0.295 e. The first-order valence-corrected chi connectivity index (χ1v) is 9.33. The Morgan fingerprint density at radius 1 is 1.15 bits per heavy atom. The van der Waals surface area contributed by atoms with E-state index in [4.69, 9.17) is 0 Å². The molecule has 1 N–H and O–H groups in total. The first kappa shape index (κ1) is 18.2. The second-order valence-corrected chi connectivity index (χ2v) is 7.84. The summed E-state index contributed by atoms with van der Waals surface area (Å²) in [6.45, 7) is 8.47. The van der Waals surface area contributed by atoms with Gasteiger partial charge in [0.15, 0.2) is 5.69 Å². The number of nitrogens with zero attached hydrogens (tertiary/aromatic N) is 4.